The van der Waals surface area contributed by atoms with Crippen LogP contribution in [0.25, 0.3) is 0 Å². The highest BCUT2D eigenvalue weighted by atomic mass is 35.5. The van der Waals surface area contributed by atoms with Crippen LogP contribution in [0.1, 0.15) is 26.2 Å². The summed E-state index contributed by atoms with van der Waals surface area (Å²) >= 11 is 0. The Bertz CT molecular complexity index is 558. The number of hydrogen-bond donors (Lipinski definition) is 2. The standard InChI is InChI=1S/C17H25N3O3.ClH/c1-12(18)11-16(21)20-9-7-13(8-10-20)17(22)19-14-5-3-4-6-15(14)23-2;/h3-6,12-13H,7-11,18H2,1-2H3,(H,19,22);1H. The lowest BCUT2D eigenvalue weighted by atomic mass is 9.95. The first-order chi connectivity index (χ1) is 11.0. The van der Waals surface area contributed by atoms with Gasteiger partial charge in [-0.2, -0.15) is 0 Å². The van der Waals surface area contributed by atoms with E-state index in [-0.39, 0.29) is 36.2 Å². The van der Waals surface area contributed by atoms with E-state index in [0.29, 0.717) is 43.8 Å². The van der Waals surface area contributed by atoms with Crippen molar-refractivity contribution in [1.82, 2.24) is 4.90 Å². The lowest BCUT2D eigenvalue weighted by Gasteiger charge is -2.31. The summed E-state index contributed by atoms with van der Waals surface area (Å²) in [6.45, 7) is 3.04. The van der Waals surface area contributed by atoms with E-state index < -0.39 is 0 Å². The SMILES string of the molecule is COc1ccccc1NC(=O)C1CCN(C(=O)CC(C)N)CC1.Cl. The minimum absolute atomic E-state index is 0. The molecule has 1 heterocycles. The molecule has 1 aliphatic heterocycles. The number of amides is 2. The molecule has 0 spiro atoms. The van der Waals surface area contributed by atoms with Gasteiger partial charge in [0.05, 0.1) is 12.8 Å². The summed E-state index contributed by atoms with van der Waals surface area (Å²) in [6, 6.07) is 7.21. The third kappa shape index (κ3) is 5.39. The van der Waals surface area contributed by atoms with Crippen molar-refractivity contribution in [3.8, 4) is 5.75 Å². The molecule has 1 aromatic rings. The molecule has 0 bridgehead atoms. The van der Waals surface area contributed by atoms with Crippen LogP contribution in [0.3, 0.4) is 0 Å². The predicted octanol–water partition coefficient (Wildman–Crippen LogP) is 2.03. The quantitative estimate of drug-likeness (QED) is 0.846. The average molecular weight is 356 g/mol. The molecule has 24 heavy (non-hydrogen) atoms. The summed E-state index contributed by atoms with van der Waals surface area (Å²) in [6.07, 6.45) is 1.70. The summed E-state index contributed by atoms with van der Waals surface area (Å²) in [4.78, 5) is 26.2. The van der Waals surface area contributed by atoms with E-state index >= 15 is 0 Å². The third-order valence-corrected chi connectivity index (χ3v) is 4.08. The van der Waals surface area contributed by atoms with Crippen molar-refractivity contribution < 1.29 is 14.3 Å². The van der Waals surface area contributed by atoms with E-state index in [2.05, 4.69) is 5.32 Å². The van der Waals surface area contributed by atoms with Gasteiger partial charge in [-0.25, -0.2) is 0 Å². The highest BCUT2D eigenvalue weighted by molar-refractivity contribution is 5.94. The van der Waals surface area contributed by atoms with Gasteiger partial charge in [0, 0.05) is 31.5 Å². The molecule has 0 saturated carbocycles. The van der Waals surface area contributed by atoms with E-state index in [4.69, 9.17) is 10.5 Å². The Labute approximate surface area is 149 Å². The van der Waals surface area contributed by atoms with Crippen molar-refractivity contribution in [3.63, 3.8) is 0 Å². The summed E-state index contributed by atoms with van der Waals surface area (Å²) in [7, 11) is 1.58. The Morgan fingerprint density at radius 3 is 2.54 bits per heavy atom. The Hall–Kier alpha value is -1.79. The van der Waals surface area contributed by atoms with Crippen molar-refractivity contribution in [3.05, 3.63) is 24.3 Å². The average Bonchev–Trinajstić information content (AvgIpc) is 2.55. The highest BCUT2D eigenvalue weighted by Crippen LogP contribution is 2.25. The highest BCUT2D eigenvalue weighted by Gasteiger charge is 2.27. The number of hydrogen-bond acceptors (Lipinski definition) is 4. The van der Waals surface area contributed by atoms with Gasteiger partial charge in [0.25, 0.3) is 0 Å². The van der Waals surface area contributed by atoms with E-state index in [1.807, 2.05) is 31.2 Å². The minimum atomic E-state index is -0.130. The van der Waals surface area contributed by atoms with E-state index in [9.17, 15) is 9.59 Å². The van der Waals surface area contributed by atoms with Crippen LogP contribution in [0.15, 0.2) is 24.3 Å². The lowest BCUT2D eigenvalue weighted by molar-refractivity contribution is -0.134. The molecular weight excluding hydrogens is 330 g/mol. The summed E-state index contributed by atoms with van der Waals surface area (Å²) in [5, 5.41) is 2.92. The number of ether oxygens (including phenoxy) is 1. The van der Waals surface area contributed by atoms with Crippen molar-refractivity contribution in [1.29, 1.82) is 0 Å². The number of benzene rings is 1. The number of likely N-dealkylation sites (tertiary alicyclic amines) is 1. The minimum Gasteiger partial charge on any atom is -0.495 e. The van der Waals surface area contributed by atoms with Gasteiger partial charge in [-0.3, -0.25) is 9.59 Å². The fourth-order valence-electron chi connectivity index (χ4n) is 2.78. The molecule has 7 heteroatoms. The normalized spacial score (nSPS) is 16.0. The number of carbonyl (C=O) groups is 2. The molecule has 0 radical (unpaired) electrons. The largest absolute Gasteiger partial charge is 0.495 e. The van der Waals surface area contributed by atoms with Crippen LogP contribution in [0.4, 0.5) is 5.69 Å². The van der Waals surface area contributed by atoms with E-state index in [1.54, 1.807) is 12.0 Å². The summed E-state index contributed by atoms with van der Waals surface area (Å²) < 4.78 is 5.24. The molecular formula is C17H26ClN3O3. The Morgan fingerprint density at radius 1 is 1.33 bits per heavy atom. The maximum Gasteiger partial charge on any atom is 0.227 e. The second kappa shape index (κ2) is 9.49. The van der Waals surface area contributed by atoms with Gasteiger partial charge in [-0.15, -0.1) is 12.4 Å². The zero-order valence-electron chi connectivity index (χ0n) is 14.2. The molecule has 6 nitrogen and oxygen atoms in total. The second-order valence-corrected chi connectivity index (χ2v) is 6.03. The Balaban J connectivity index is 0.00000288. The van der Waals surface area contributed by atoms with Gasteiger partial charge >= 0.3 is 0 Å². The molecule has 1 aromatic carbocycles. The molecule has 1 unspecified atom stereocenters. The number of carbonyl (C=O) groups excluding carboxylic acids is 2. The van der Waals surface area contributed by atoms with Gasteiger partial charge < -0.3 is 20.7 Å². The van der Waals surface area contributed by atoms with Crippen LogP contribution >= 0.6 is 12.4 Å². The first-order valence-corrected chi connectivity index (χ1v) is 7.98. The van der Waals surface area contributed by atoms with Crippen LogP contribution in [0.2, 0.25) is 0 Å². The van der Waals surface area contributed by atoms with E-state index in [0.717, 1.165) is 0 Å². The molecule has 1 atom stereocenters. The van der Waals surface area contributed by atoms with Gasteiger partial charge in [0.2, 0.25) is 11.8 Å². The number of methoxy groups -OCH3 is 1. The molecule has 0 aliphatic carbocycles. The van der Waals surface area contributed by atoms with Crippen molar-refractivity contribution in [2.75, 3.05) is 25.5 Å². The molecule has 1 saturated heterocycles. The topological polar surface area (TPSA) is 84.7 Å². The third-order valence-electron chi connectivity index (χ3n) is 4.08. The number of para-hydroxylation sites is 2. The van der Waals surface area contributed by atoms with Crippen LogP contribution in [-0.2, 0) is 9.59 Å². The van der Waals surface area contributed by atoms with Crippen molar-refractivity contribution in [2.24, 2.45) is 11.7 Å². The van der Waals surface area contributed by atoms with Gasteiger partial charge in [-0.05, 0) is 31.9 Å². The maximum absolute atomic E-state index is 12.4. The smallest absolute Gasteiger partial charge is 0.227 e. The maximum atomic E-state index is 12.4. The first kappa shape index (κ1) is 20.3. The molecule has 3 N–H and O–H groups in total. The summed E-state index contributed by atoms with van der Waals surface area (Å²) in [5.74, 6) is 0.613. The predicted molar refractivity (Wildman–Crippen MR) is 96.4 cm³/mol. The Kier molecular flexibility index (Phi) is 8.01. The molecule has 1 aliphatic rings. The number of anilines is 1. The number of halogens is 1. The van der Waals surface area contributed by atoms with Crippen LogP contribution in [-0.4, -0.2) is 43.0 Å². The van der Waals surface area contributed by atoms with Gasteiger partial charge in [-0.1, -0.05) is 12.1 Å². The fraction of sp³-hybridized carbons (Fsp3) is 0.529. The zero-order chi connectivity index (χ0) is 16.8. The fourth-order valence-corrected chi connectivity index (χ4v) is 2.78. The first-order valence-electron chi connectivity index (χ1n) is 7.98. The van der Waals surface area contributed by atoms with Crippen LogP contribution < -0.4 is 15.8 Å². The molecule has 0 aromatic heterocycles. The van der Waals surface area contributed by atoms with E-state index in [1.165, 1.54) is 0 Å². The van der Waals surface area contributed by atoms with Crippen molar-refractivity contribution >= 4 is 29.9 Å². The number of piperidine rings is 1. The zero-order valence-corrected chi connectivity index (χ0v) is 15.0. The second-order valence-electron chi connectivity index (χ2n) is 6.03. The molecule has 2 amide bonds. The van der Waals surface area contributed by atoms with Crippen LogP contribution in [0, 0.1) is 5.92 Å². The van der Waals surface area contributed by atoms with Crippen LogP contribution in [0.5, 0.6) is 5.75 Å². The van der Waals surface area contributed by atoms with Gasteiger partial charge in [0.15, 0.2) is 0 Å². The number of nitrogens with one attached hydrogen (secondary N) is 1. The number of nitrogens with two attached hydrogens (primary N) is 1. The molecule has 1 fully saturated rings. The Morgan fingerprint density at radius 2 is 1.96 bits per heavy atom. The monoisotopic (exact) mass is 355 g/mol. The lowest BCUT2D eigenvalue weighted by Crippen LogP contribution is -2.42. The molecule has 2 rings (SSSR count). The molecule has 134 valence electrons. The number of rotatable bonds is 5. The summed E-state index contributed by atoms with van der Waals surface area (Å²) in [5.41, 5.74) is 6.34. The number of nitrogens with zero attached hydrogens (tertiary/aromatic N) is 1. The van der Waals surface area contributed by atoms with Crippen molar-refractivity contribution in [2.45, 2.75) is 32.2 Å². The van der Waals surface area contributed by atoms with Gasteiger partial charge in [0.1, 0.15) is 5.75 Å².